The number of hydrogen-bond acceptors (Lipinski definition) is 3. The second-order valence-electron chi connectivity index (χ2n) is 6.11. The lowest BCUT2D eigenvalue weighted by atomic mass is 9.96. The average Bonchev–Trinajstić information content (AvgIpc) is 2.68. The van der Waals surface area contributed by atoms with Gasteiger partial charge in [-0.1, -0.05) is 72.8 Å². The van der Waals surface area contributed by atoms with E-state index >= 15 is 0 Å². The minimum Gasteiger partial charge on any atom is -0.496 e. The quantitative estimate of drug-likeness (QED) is 0.609. The largest absolute Gasteiger partial charge is 0.496 e. The van der Waals surface area contributed by atoms with Crippen LogP contribution in [0.2, 0.25) is 0 Å². The highest BCUT2D eigenvalue weighted by atomic mass is 16.5. The van der Waals surface area contributed by atoms with Crippen LogP contribution in [0.3, 0.4) is 0 Å². The van der Waals surface area contributed by atoms with Crippen molar-refractivity contribution in [3.8, 4) is 16.9 Å². The van der Waals surface area contributed by atoms with Crippen LogP contribution in [-0.4, -0.2) is 20.2 Å². The molecule has 0 fully saturated rings. The van der Waals surface area contributed by atoms with Crippen LogP contribution in [0.4, 0.5) is 0 Å². The summed E-state index contributed by atoms with van der Waals surface area (Å²) in [6.45, 7) is 0. The third-order valence-corrected chi connectivity index (χ3v) is 4.35. The molecule has 0 unspecified atom stereocenters. The maximum atomic E-state index is 11.6. The van der Waals surface area contributed by atoms with Gasteiger partial charge in [-0.25, -0.2) is 0 Å². The van der Waals surface area contributed by atoms with Crippen LogP contribution in [0.5, 0.6) is 5.75 Å². The molecule has 132 valence electrons. The Kier molecular flexibility index (Phi) is 5.69. The number of carbonyl (C=O) groups excluding carboxylic acids is 1. The lowest BCUT2D eigenvalue weighted by Crippen LogP contribution is -2.04. The molecule has 0 aliphatic carbocycles. The molecular weight excluding hydrogens is 324 g/mol. The fourth-order valence-corrected chi connectivity index (χ4v) is 3.10. The van der Waals surface area contributed by atoms with Crippen LogP contribution in [0.15, 0.2) is 72.8 Å². The highest BCUT2D eigenvalue weighted by Gasteiger charge is 2.12. The Morgan fingerprint density at radius 3 is 2.31 bits per heavy atom. The second kappa shape index (κ2) is 8.34. The Hall–Kier alpha value is -3.07. The van der Waals surface area contributed by atoms with Crippen molar-refractivity contribution < 1.29 is 14.3 Å². The molecule has 0 bridgehead atoms. The van der Waals surface area contributed by atoms with Crippen LogP contribution in [0.25, 0.3) is 11.1 Å². The topological polar surface area (TPSA) is 35.5 Å². The van der Waals surface area contributed by atoms with Gasteiger partial charge in [-0.15, -0.1) is 0 Å². The Morgan fingerprint density at radius 2 is 1.58 bits per heavy atom. The molecule has 0 saturated carbocycles. The van der Waals surface area contributed by atoms with Gasteiger partial charge in [0.15, 0.2) is 0 Å². The molecular formula is C23H22O3. The normalized spacial score (nSPS) is 10.4. The van der Waals surface area contributed by atoms with Gasteiger partial charge >= 0.3 is 5.97 Å². The molecule has 0 aliphatic heterocycles. The molecule has 3 aromatic carbocycles. The standard InChI is InChI=1S/C23H22O3/c1-25-22(24)16-18-10-6-11-19(15-18)21-13-7-12-20(23(21)26-2)14-17-8-4-3-5-9-17/h3-13,15H,14,16H2,1-2H3. The van der Waals surface area contributed by atoms with Crippen LogP contribution >= 0.6 is 0 Å². The summed E-state index contributed by atoms with van der Waals surface area (Å²) in [5.74, 6) is 0.624. The van der Waals surface area contributed by atoms with Crippen molar-refractivity contribution in [1.82, 2.24) is 0 Å². The van der Waals surface area contributed by atoms with Gasteiger partial charge in [-0.05, 0) is 22.3 Å². The van der Waals surface area contributed by atoms with Crippen molar-refractivity contribution in [3.05, 3.63) is 89.5 Å². The summed E-state index contributed by atoms with van der Waals surface area (Å²) in [5.41, 5.74) is 5.34. The predicted octanol–water partition coefficient (Wildman–Crippen LogP) is 4.67. The molecule has 0 amide bonds. The molecule has 0 atom stereocenters. The highest BCUT2D eigenvalue weighted by molar-refractivity contribution is 5.76. The van der Waals surface area contributed by atoms with E-state index in [0.29, 0.717) is 0 Å². The van der Waals surface area contributed by atoms with E-state index in [0.717, 1.165) is 34.4 Å². The van der Waals surface area contributed by atoms with Gasteiger partial charge in [-0.2, -0.15) is 0 Å². The van der Waals surface area contributed by atoms with Gasteiger partial charge in [0.25, 0.3) is 0 Å². The summed E-state index contributed by atoms with van der Waals surface area (Å²) in [7, 11) is 3.11. The molecule has 3 heteroatoms. The number of carbonyl (C=O) groups is 1. The second-order valence-corrected chi connectivity index (χ2v) is 6.11. The summed E-state index contributed by atoms with van der Waals surface area (Å²) >= 11 is 0. The number of hydrogen-bond donors (Lipinski definition) is 0. The molecule has 3 aromatic rings. The van der Waals surface area contributed by atoms with Gasteiger partial charge in [0.05, 0.1) is 20.6 Å². The first-order valence-electron chi connectivity index (χ1n) is 8.57. The molecule has 0 saturated heterocycles. The van der Waals surface area contributed by atoms with E-state index in [1.54, 1.807) is 7.11 Å². The van der Waals surface area contributed by atoms with Crippen LogP contribution in [-0.2, 0) is 22.4 Å². The Labute approximate surface area is 154 Å². The van der Waals surface area contributed by atoms with Crippen LogP contribution in [0, 0.1) is 0 Å². The van der Waals surface area contributed by atoms with Crippen molar-refractivity contribution >= 4 is 5.97 Å². The third-order valence-electron chi connectivity index (χ3n) is 4.35. The first kappa shape index (κ1) is 17.7. The summed E-state index contributed by atoms with van der Waals surface area (Å²) in [5, 5.41) is 0. The average molecular weight is 346 g/mol. The minimum atomic E-state index is -0.244. The highest BCUT2D eigenvalue weighted by Crippen LogP contribution is 2.34. The van der Waals surface area contributed by atoms with Crippen LogP contribution in [0.1, 0.15) is 16.7 Å². The molecule has 0 radical (unpaired) electrons. The maximum absolute atomic E-state index is 11.6. The van der Waals surface area contributed by atoms with Gasteiger partial charge in [0.1, 0.15) is 5.75 Å². The molecule has 3 nitrogen and oxygen atoms in total. The van der Waals surface area contributed by atoms with Crippen molar-refractivity contribution in [1.29, 1.82) is 0 Å². The zero-order valence-electron chi connectivity index (χ0n) is 15.1. The SMILES string of the molecule is COC(=O)Cc1cccc(-c2cccc(Cc3ccccc3)c2OC)c1. The van der Waals surface area contributed by atoms with Crippen molar-refractivity contribution in [2.45, 2.75) is 12.8 Å². The number of methoxy groups -OCH3 is 2. The molecule has 26 heavy (non-hydrogen) atoms. The number of para-hydroxylation sites is 1. The molecule has 0 aromatic heterocycles. The summed E-state index contributed by atoms with van der Waals surface area (Å²) in [4.78, 5) is 11.6. The molecule has 0 N–H and O–H groups in total. The number of rotatable bonds is 6. The van der Waals surface area contributed by atoms with Crippen molar-refractivity contribution in [3.63, 3.8) is 0 Å². The number of ether oxygens (including phenoxy) is 2. The Morgan fingerprint density at radius 1 is 0.846 bits per heavy atom. The van der Waals surface area contributed by atoms with Gasteiger partial charge in [0.2, 0.25) is 0 Å². The first-order valence-corrected chi connectivity index (χ1v) is 8.57. The van der Waals surface area contributed by atoms with Crippen LogP contribution < -0.4 is 4.74 Å². The Balaban J connectivity index is 1.96. The van der Waals surface area contributed by atoms with E-state index in [9.17, 15) is 4.79 Å². The summed E-state index contributed by atoms with van der Waals surface area (Å²) in [6, 6.07) is 24.4. The fourth-order valence-electron chi connectivity index (χ4n) is 3.10. The summed E-state index contributed by atoms with van der Waals surface area (Å²) < 4.78 is 10.5. The van der Waals surface area contributed by atoms with E-state index in [4.69, 9.17) is 9.47 Å². The van der Waals surface area contributed by atoms with Crippen molar-refractivity contribution in [2.75, 3.05) is 14.2 Å². The van der Waals surface area contributed by atoms with Gasteiger partial charge in [0, 0.05) is 12.0 Å². The lowest BCUT2D eigenvalue weighted by Gasteiger charge is -2.15. The smallest absolute Gasteiger partial charge is 0.309 e. The van der Waals surface area contributed by atoms with Crippen molar-refractivity contribution in [2.24, 2.45) is 0 Å². The molecule has 0 spiro atoms. The molecule has 0 heterocycles. The van der Waals surface area contributed by atoms with E-state index in [2.05, 4.69) is 18.2 Å². The first-order chi connectivity index (χ1) is 12.7. The van der Waals surface area contributed by atoms with E-state index in [1.807, 2.05) is 54.6 Å². The number of benzene rings is 3. The molecule has 3 rings (SSSR count). The van der Waals surface area contributed by atoms with E-state index < -0.39 is 0 Å². The predicted molar refractivity (Wildman–Crippen MR) is 103 cm³/mol. The summed E-state index contributed by atoms with van der Waals surface area (Å²) in [6.07, 6.45) is 1.07. The molecule has 0 aliphatic rings. The maximum Gasteiger partial charge on any atom is 0.309 e. The zero-order chi connectivity index (χ0) is 18.4. The Bertz CT molecular complexity index is 885. The zero-order valence-corrected chi connectivity index (χ0v) is 15.1. The third kappa shape index (κ3) is 4.12. The van der Waals surface area contributed by atoms with E-state index in [-0.39, 0.29) is 12.4 Å². The van der Waals surface area contributed by atoms with E-state index in [1.165, 1.54) is 12.7 Å². The van der Waals surface area contributed by atoms with Gasteiger partial charge < -0.3 is 9.47 Å². The minimum absolute atomic E-state index is 0.244. The number of esters is 1. The monoisotopic (exact) mass is 346 g/mol. The van der Waals surface area contributed by atoms with Gasteiger partial charge in [-0.3, -0.25) is 4.79 Å². The lowest BCUT2D eigenvalue weighted by molar-refractivity contribution is -0.139. The fraction of sp³-hybridized carbons (Fsp3) is 0.174.